The fourth-order valence-electron chi connectivity index (χ4n) is 3.55. The lowest BCUT2D eigenvalue weighted by Crippen LogP contribution is -2.54. The van der Waals surface area contributed by atoms with Gasteiger partial charge in [-0.05, 0) is 25.2 Å². The van der Waals surface area contributed by atoms with Gasteiger partial charge in [0.2, 0.25) is 11.8 Å². The minimum absolute atomic E-state index is 0.00251. The van der Waals surface area contributed by atoms with E-state index in [1.165, 1.54) is 19.3 Å². The summed E-state index contributed by atoms with van der Waals surface area (Å²) >= 11 is 0. The van der Waals surface area contributed by atoms with E-state index in [1.54, 1.807) is 19.0 Å². The van der Waals surface area contributed by atoms with Crippen LogP contribution in [0.5, 0.6) is 0 Å². The molecule has 2 aliphatic rings. The zero-order valence-corrected chi connectivity index (χ0v) is 19.5. The Kier molecular flexibility index (Phi) is 10.4. The molecule has 2 N–H and O–H groups in total. The van der Waals surface area contributed by atoms with Crippen molar-refractivity contribution in [1.29, 1.82) is 0 Å². The number of hydrogen-bond donors (Lipinski definition) is 2. The highest BCUT2D eigenvalue weighted by atomic mass is 16.2. The van der Waals surface area contributed by atoms with Crippen LogP contribution in [0.1, 0.15) is 52.4 Å². The highest BCUT2D eigenvalue weighted by molar-refractivity contribution is 5.85. The third-order valence-corrected chi connectivity index (χ3v) is 5.94. The van der Waals surface area contributed by atoms with Crippen LogP contribution in [0.3, 0.4) is 0 Å². The molecule has 8 nitrogen and oxygen atoms in total. The van der Waals surface area contributed by atoms with E-state index in [-0.39, 0.29) is 18.4 Å². The maximum absolute atomic E-state index is 12.1. The zero-order chi connectivity index (χ0) is 21.9. The number of piperazine rings is 1. The fourth-order valence-corrected chi connectivity index (χ4v) is 3.55. The molecular formula is C22H42N6O2. The number of aliphatic imine (C=N–C) groups is 1. The molecule has 0 aromatic rings. The van der Waals surface area contributed by atoms with Crippen molar-refractivity contribution in [2.45, 2.75) is 58.4 Å². The van der Waals surface area contributed by atoms with Crippen LogP contribution in [0.2, 0.25) is 0 Å². The standard InChI is InChI=1S/C22H42N6O2/c1-5-7-8-18(6-2)15-23-22(24-16-21(30)26(3)4)28-13-11-27(12-14-28)17-20(29)25-19-9-10-19/h18-19H,5-17H2,1-4H3,(H,23,24)(H,25,29). The van der Waals surface area contributed by atoms with Gasteiger partial charge in [-0.3, -0.25) is 14.5 Å². The van der Waals surface area contributed by atoms with Crippen LogP contribution >= 0.6 is 0 Å². The van der Waals surface area contributed by atoms with Gasteiger partial charge >= 0.3 is 0 Å². The summed E-state index contributed by atoms with van der Waals surface area (Å²) in [6.07, 6.45) is 7.05. The summed E-state index contributed by atoms with van der Waals surface area (Å²) in [6, 6.07) is 0.412. The topological polar surface area (TPSA) is 80.3 Å². The molecule has 1 unspecified atom stereocenters. The first-order valence-electron chi connectivity index (χ1n) is 11.7. The van der Waals surface area contributed by atoms with E-state index < -0.39 is 0 Å². The normalized spacial score (nSPS) is 18.8. The van der Waals surface area contributed by atoms with Gasteiger partial charge in [-0.2, -0.15) is 0 Å². The molecule has 8 heteroatoms. The predicted octanol–water partition coefficient (Wildman–Crippen LogP) is 1.13. The number of guanidine groups is 1. The number of carbonyl (C=O) groups excluding carboxylic acids is 2. The van der Waals surface area contributed by atoms with Gasteiger partial charge in [0.05, 0.1) is 6.54 Å². The molecule has 2 amide bonds. The lowest BCUT2D eigenvalue weighted by Gasteiger charge is -2.36. The largest absolute Gasteiger partial charge is 0.356 e. The maximum atomic E-state index is 12.1. The molecule has 0 aromatic heterocycles. The second-order valence-corrected chi connectivity index (χ2v) is 8.83. The number of nitrogens with one attached hydrogen (secondary N) is 2. The minimum atomic E-state index is 0.00251. The van der Waals surface area contributed by atoms with Crippen molar-refractivity contribution in [1.82, 2.24) is 25.3 Å². The summed E-state index contributed by atoms with van der Waals surface area (Å²) in [5, 5.41) is 6.60. The molecular weight excluding hydrogens is 380 g/mol. The Bertz CT molecular complexity index is 568. The highest BCUT2D eigenvalue weighted by Gasteiger charge is 2.26. The Morgan fingerprint density at radius 2 is 1.83 bits per heavy atom. The molecule has 0 spiro atoms. The number of hydrogen-bond acceptors (Lipinski definition) is 4. The minimum Gasteiger partial charge on any atom is -0.356 e. The smallest absolute Gasteiger partial charge is 0.243 e. The van der Waals surface area contributed by atoms with E-state index in [2.05, 4.69) is 39.3 Å². The zero-order valence-electron chi connectivity index (χ0n) is 19.5. The monoisotopic (exact) mass is 422 g/mol. The summed E-state index contributed by atoms with van der Waals surface area (Å²) in [5.74, 6) is 1.58. The van der Waals surface area contributed by atoms with Crippen LogP contribution in [-0.2, 0) is 9.59 Å². The average molecular weight is 423 g/mol. The molecule has 1 aliphatic heterocycles. The third kappa shape index (κ3) is 8.90. The van der Waals surface area contributed by atoms with Crippen LogP contribution in [0.25, 0.3) is 0 Å². The van der Waals surface area contributed by atoms with Gasteiger partial charge in [-0.25, -0.2) is 4.99 Å². The van der Waals surface area contributed by atoms with Crippen LogP contribution in [-0.4, -0.2) is 98.4 Å². The molecule has 1 atom stereocenters. The second kappa shape index (κ2) is 12.8. The number of unbranched alkanes of at least 4 members (excludes halogenated alkanes) is 1. The van der Waals surface area contributed by atoms with Crippen molar-refractivity contribution < 1.29 is 9.59 Å². The van der Waals surface area contributed by atoms with Gasteiger partial charge in [0, 0.05) is 52.9 Å². The Hall–Kier alpha value is -1.83. The molecule has 1 aliphatic carbocycles. The molecule has 0 aromatic carbocycles. The number of carbonyl (C=O) groups is 2. The molecule has 1 heterocycles. The molecule has 172 valence electrons. The Morgan fingerprint density at radius 1 is 1.13 bits per heavy atom. The second-order valence-electron chi connectivity index (χ2n) is 8.83. The van der Waals surface area contributed by atoms with E-state index in [1.807, 2.05) is 0 Å². The summed E-state index contributed by atoms with van der Waals surface area (Å²) in [7, 11) is 3.52. The lowest BCUT2D eigenvalue weighted by molar-refractivity contribution is -0.127. The first kappa shape index (κ1) is 24.4. The Balaban J connectivity index is 1.88. The highest BCUT2D eigenvalue weighted by Crippen LogP contribution is 2.18. The summed E-state index contributed by atoms with van der Waals surface area (Å²) in [6.45, 7) is 9.25. The number of amides is 2. The fraction of sp³-hybridized carbons (Fsp3) is 0.864. The Morgan fingerprint density at radius 3 is 2.40 bits per heavy atom. The van der Waals surface area contributed by atoms with E-state index in [4.69, 9.17) is 0 Å². The lowest BCUT2D eigenvalue weighted by atomic mass is 9.99. The number of likely N-dealkylation sites (N-methyl/N-ethyl adjacent to an activating group) is 1. The van der Waals surface area contributed by atoms with Gasteiger partial charge in [0.25, 0.3) is 0 Å². The molecule has 0 radical (unpaired) electrons. The van der Waals surface area contributed by atoms with E-state index >= 15 is 0 Å². The first-order chi connectivity index (χ1) is 14.4. The molecule has 1 saturated carbocycles. The summed E-state index contributed by atoms with van der Waals surface area (Å²) in [5.41, 5.74) is 0. The van der Waals surface area contributed by atoms with E-state index in [0.29, 0.717) is 18.5 Å². The number of rotatable bonds is 11. The molecule has 2 fully saturated rings. The van der Waals surface area contributed by atoms with E-state index in [0.717, 1.165) is 57.9 Å². The van der Waals surface area contributed by atoms with Crippen molar-refractivity contribution in [3.8, 4) is 0 Å². The Labute approximate surface area is 182 Å². The van der Waals surface area contributed by atoms with Crippen LogP contribution < -0.4 is 10.6 Å². The summed E-state index contributed by atoms with van der Waals surface area (Å²) < 4.78 is 0. The quantitative estimate of drug-likeness (QED) is 0.385. The van der Waals surface area contributed by atoms with Crippen LogP contribution in [0.15, 0.2) is 4.99 Å². The van der Waals surface area contributed by atoms with Gasteiger partial charge in [-0.15, -0.1) is 0 Å². The van der Waals surface area contributed by atoms with Crippen molar-refractivity contribution >= 4 is 17.8 Å². The predicted molar refractivity (Wildman–Crippen MR) is 121 cm³/mol. The van der Waals surface area contributed by atoms with Crippen LogP contribution in [0, 0.1) is 5.92 Å². The number of nitrogens with zero attached hydrogens (tertiary/aromatic N) is 4. The maximum Gasteiger partial charge on any atom is 0.243 e. The van der Waals surface area contributed by atoms with Crippen molar-refractivity contribution in [2.75, 3.05) is 59.9 Å². The van der Waals surface area contributed by atoms with Gasteiger partial charge in [-0.1, -0.05) is 33.1 Å². The average Bonchev–Trinajstić information content (AvgIpc) is 3.54. The molecule has 1 saturated heterocycles. The first-order valence-corrected chi connectivity index (χ1v) is 11.7. The van der Waals surface area contributed by atoms with Crippen molar-refractivity contribution in [3.63, 3.8) is 0 Å². The molecule has 2 rings (SSSR count). The molecule has 0 bridgehead atoms. The summed E-state index contributed by atoms with van der Waals surface area (Å²) in [4.78, 5) is 34.8. The van der Waals surface area contributed by atoms with E-state index in [9.17, 15) is 9.59 Å². The molecule has 30 heavy (non-hydrogen) atoms. The van der Waals surface area contributed by atoms with Crippen LogP contribution in [0.4, 0.5) is 0 Å². The van der Waals surface area contributed by atoms with Gasteiger partial charge in [0.1, 0.15) is 6.54 Å². The third-order valence-electron chi connectivity index (χ3n) is 5.94. The van der Waals surface area contributed by atoms with Gasteiger partial charge in [0.15, 0.2) is 5.96 Å². The van der Waals surface area contributed by atoms with Crippen molar-refractivity contribution in [2.24, 2.45) is 10.9 Å². The van der Waals surface area contributed by atoms with Gasteiger partial charge < -0.3 is 20.4 Å². The van der Waals surface area contributed by atoms with Crippen molar-refractivity contribution in [3.05, 3.63) is 0 Å². The SMILES string of the molecule is CCCCC(CC)CNC(=NCC(=O)N(C)C)N1CCN(CC(=O)NC2CC2)CC1.